The van der Waals surface area contributed by atoms with E-state index in [4.69, 9.17) is 0 Å². The molecule has 0 bridgehead atoms. The van der Waals surface area contributed by atoms with Crippen molar-refractivity contribution >= 4 is 5.69 Å². The van der Waals surface area contributed by atoms with Gasteiger partial charge in [0, 0.05) is 36.7 Å². The molecule has 0 fully saturated rings. The third kappa shape index (κ3) is 5.20. The van der Waals surface area contributed by atoms with E-state index in [1.54, 1.807) is 0 Å². The van der Waals surface area contributed by atoms with Crippen LogP contribution >= 0.6 is 0 Å². The largest absolute Gasteiger partial charge is 0.385 e. The van der Waals surface area contributed by atoms with E-state index in [9.17, 15) is 0 Å². The zero-order chi connectivity index (χ0) is 15.1. The van der Waals surface area contributed by atoms with Crippen molar-refractivity contribution in [2.45, 2.75) is 32.9 Å². The summed E-state index contributed by atoms with van der Waals surface area (Å²) in [5.74, 6) is 0. The summed E-state index contributed by atoms with van der Waals surface area (Å²) in [6, 6.07) is 15.3. The highest BCUT2D eigenvalue weighted by molar-refractivity contribution is 5.42. The topological polar surface area (TPSA) is 28.2 Å². The van der Waals surface area contributed by atoms with Crippen LogP contribution in [0.3, 0.4) is 0 Å². The van der Waals surface area contributed by atoms with E-state index >= 15 is 0 Å². The number of rotatable bonds is 7. The lowest BCUT2D eigenvalue weighted by Crippen LogP contribution is -2.30. The summed E-state index contributed by atoms with van der Waals surface area (Å²) in [6.07, 6.45) is 2.97. The van der Waals surface area contributed by atoms with Gasteiger partial charge in [-0.2, -0.15) is 0 Å². The Morgan fingerprint density at radius 3 is 2.67 bits per heavy atom. The number of hydrogen-bond donors (Lipinski definition) is 1. The Hall–Kier alpha value is -1.87. The number of aromatic nitrogens is 1. The summed E-state index contributed by atoms with van der Waals surface area (Å²) in [4.78, 5) is 6.61. The quantitative estimate of drug-likeness (QED) is 0.839. The second-order valence-electron chi connectivity index (χ2n) is 5.65. The van der Waals surface area contributed by atoms with Crippen LogP contribution in [-0.4, -0.2) is 29.5 Å². The van der Waals surface area contributed by atoms with Gasteiger partial charge in [-0.25, -0.2) is 0 Å². The van der Waals surface area contributed by atoms with Crippen LogP contribution in [0, 0.1) is 6.92 Å². The summed E-state index contributed by atoms with van der Waals surface area (Å²) in [6.45, 7) is 6.27. The molecule has 0 spiro atoms. The van der Waals surface area contributed by atoms with E-state index < -0.39 is 0 Å². The summed E-state index contributed by atoms with van der Waals surface area (Å²) in [5, 5.41) is 3.47. The molecule has 21 heavy (non-hydrogen) atoms. The molecule has 0 saturated heterocycles. The molecular formula is C18H25N3. The minimum absolute atomic E-state index is 0.542. The van der Waals surface area contributed by atoms with Crippen molar-refractivity contribution in [2.75, 3.05) is 18.9 Å². The number of benzene rings is 1. The van der Waals surface area contributed by atoms with Gasteiger partial charge in [-0.05, 0) is 45.0 Å². The van der Waals surface area contributed by atoms with Gasteiger partial charge in [0.15, 0.2) is 0 Å². The molecule has 2 aromatic rings. The van der Waals surface area contributed by atoms with Crippen LogP contribution in [0.15, 0.2) is 48.7 Å². The Morgan fingerprint density at radius 2 is 1.95 bits per heavy atom. The molecule has 2 rings (SSSR count). The average Bonchev–Trinajstić information content (AvgIpc) is 2.48. The predicted molar refractivity (Wildman–Crippen MR) is 89.5 cm³/mol. The molecule has 0 aliphatic rings. The van der Waals surface area contributed by atoms with Crippen LogP contribution in [-0.2, 0) is 6.54 Å². The van der Waals surface area contributed by atoms with Crippen molar-refractivity contribution in [1.82, 2.24) is 9.88 Å². The first-order valence-electron chi connectivity index (χ1n) is 7.56. The Labute approximate surface area is 128 Å². The van der Waals surface area contributed by atoms with Crippen LogP contribution in [0.4, 0.5) is 5.69 Å². The lowest BCUT2D eigenvalue weighted by atomic mass is 10.1. The van der Waals surface area contributed by atoms with Gasteiger partial charge in [0.25, 0.3) is 0 Å². The fourth-order valence-electron chi connectivity index (χ4n) is 2.33. The highest BCUT2D eigenvalue weighted by Crippen LogP contribution is 2.10. The molecular weight excluding hydrogens is 258 g/mol. The van der Waals surface area contributed by atoms with Crippen molar-refractivity contribution in [2.24, 2.45) is 0 Å². The molecule has 0 saturated carbocycles. The smallest absolute Gasteiger partial charge is 0.0393 e. The molecule has 0 radical (unpaired) electrons. The van der Waals surface area contributed by atoms with E-state index in [0.717, 1.165) is 30.9 Å². The van der Waals surface area contributed by atoms with E-state index in [0.29, 0.717) is 6.04 Å². The molecule has 1 aromatic heterocycles. The van der Waals surface area contributed by atoms with Gasteiger partial charge in [0.2, 0.25) is 0 Å². The van der Waals surface area contributed by atoms with E-state index in [1.165, 1.54) is 5.56 Å². The van der Waals surface area contributed by atoms with Crippen LogP contribution < -0.4 is 5.32 Å². The van der Waals surface area contributed by atoms with Gasteiger partial charge < -0.3 is 5.32 Å². The molecule has 3 nitrogen and oxygen atoms in total. The van der Waals surface area contributed by atoms with Crippen molar-refractivity contribution in [3.05, 3.63) is 59.9 Å². The Kier molecular flexibility index (Phi) is 5.76. The maximum atomic E-state index is 4.21. The number of aryl methyl sites for hydroxylation is 1. The fourth-order valence-corrected chi connectivity index (χ4v) is 2.33. The zero-order valence-electron chi connectivity index (χ0n) is 13.2. The fraction of sp³-hybridized carbons (Fsp3) is 0.389. The number of nitrogens with zero attached hydrogens (tertiary/aromatic N) is 2. The van der Waals surface area contributed by atoms with Gasteiger partial charge in [-0.15, -0.1) is 0 Å². The van der Waals surface area contributed by atoms with Crippen LogP contribution in [0.25, 0.3) is 0 Å². The van der Waals surface area contributed by atoms with Crippen molar-refractivity contribution in [3.63, 3.8) is 0 Å². The van der Waals surface area contributed by atoms with Crippen molar-refractivity contribution in [1.29, 1.82) is 0 Å². The van der Waals surface area contributed by atoms with E-state index in [-0.39, 0.29) is 0 Å². The van der Waals surface area contributed by atoms with Gasteiger partial charge in [0.1, 0.15) is 0 Å². The number of nitrogens with one attached hydrogen (secondary N) is 1. The highest BCUT2D eigenvalue weighted by atomic mass is 15.1. The average molecular weight is 283 g/mol. The van der Waals surface area contributed by atoms with Crippen molar-refractivity contribution in [3.8, 4) is 0 Å². The number of hydrogen-bond acceptors (Lipinski definition) is 3. The molecule has 112 valence electrons. The molecule has 1 N–H and O–H groups in total. The number of anilines is 1. The minimum Gasteiger partial charge on any atom is -0.385 e. The SMILES string of the molecule is Cc1cc(NCCC(C)N(C)Cc2ccccc2)ccn1. The number of pyridine rings is 1. The summed E-state index contributed by atoms with van der Waals surface area (Å²) in [5.41, 5.74) is 3.57. The molecule has 0 aliphatic heterocycles. The predicted octanol–water partition coefficient (Wildman–Crippen LogP) is 3.71. The Bertz CT molecular complexity index is 539. The normalized spacial score (nSPS) is 12.4. The molecule has 0 amide bonds. The highest BCUT2D eigenvalue weighted by Gasteiger charge is 2.09. The summed E-state index contributed by atoms with van der Waals surface area (Å²) in [7, 11) is 2.19. The maximum Gasteiger partial charge on any atom is 0.0393 e. The van der Waals surface area contributed by atoms with Gasteiger partial charge >= 0.3 is 0 Å². The summed E-state index contributed by atoms with van der Waals surface area (Å²) >= 11 is 0. The molecule has 0 aliphatic carbocycles. The molecule has 1 heterocycles. The first kappa shape index (κ1) is 15.5. The summed E-state index contributed by atoms with van der Waals surface area (Å²) < 4.78 is 0. The Balaban J connectivity index is 1.75. The van der Waals surface area contributed by atoms with Gasteiger partial charge in [-0.3, -0.25) is 9.88 Å². The zero-order valence-corrected chi connectivity index (χ0v) is 13.2. The first-order valence-corrected chi connectivity index (χ1v) is 7.56. The third-order valence-corrected chi connectivity index (χ3v) is 3.82. The lowest BCUT2D eigenvalue weighted by molar-refractivity contribution is 0.242. The van der Waals surface area contributed by atoms with Gasteiger partial charge in [-0.1, -0.05) is 30.3 Å². The van der Waals surface area contributed by atoms with Crippen LogP contribution in [0.2, 0.25) is 0 Å². The maximum absolute atomic E-state index is 4.21. The first-order chi connectivity index (χ1) is 10.1. The molecule has 1 atom stereocenters. The molecule has 3 heteroatoms. The second kappa shape index (κ2) is 7.79. The Morgan fingerprint density at radius 1 is 1.19 bits per heavy atom. The third-order valence-electron chi connectivity index (χ3n) is 3.82. The second-order valence-corrected chi connectivity index (χ2v) is 5.65. The molecule has 1 unspecified atom stereocenters. The van der Waals surface area contributed by atoms with E-state index in [1.807, 2.05) is 19.2 Å². The lowest BCUT2D eigenvalue weighted by Gasteiger charge is -2.25. The standard InChI is InChI=1S/C18H25N3/c1-15-13-18(10-12-19-15)20-11-9-16(2)21(3)14-17-7-5-4-6-8-17/h4-8,10,12-13,16H,9,11,14H2,1-3H3,(H,19,20). The van der Waals surface area contributed by atoms with Crippen LogP contribution in [0.5, 0.6) is 0 Å². The van der Waals surface area contributed by atoms with E-state index in [2.05, 4.69) is 65.6 Å². The van der Waals surface area contributed by atoms with Crippen LogP contribution in [0.1, 0.15) is 24.6 Å². The molecule has 1 aromatic carbocycles. The van der Waals surface area contributed by atoms with Gasteiger partial charge in [0.05, 0.1) is 0 Å². The monoisotopic (exact) mass is 283 g/mol. The van der Waals surface area contributed by atoms with Crippen molar-refractivity contribution < 1.29 is 0 Å². The minimum atomic E-state index is 0.542.